The summed E-state index contributed by atoms with van der Waals surface area (Å²) >= 11 is 0. The Morgan fingerprint density at radius 3 is 2.80 bits per heavy atom. The maximum absolute atomic E-state index is 11.9. The quantitative estimate of drug-likeness (QED) is 0.824. The van der Waals surface area contributed by atoms with Crippen LogP contribution in [-0.2, 0) is 7.05 Å². The Morgan fingerprint density at radius 1 is 1.55 bits per heavy atom. The average molecular weight is 279 g/mol. The molecule has 1 saturated carbocycles. The Labute approximate surface area is 120 Å². The number of rotatable bonds is 6. The summed E-state index contributed by atoms with van der Waals surface area (Å²) in [5.41, 5.74) is 1.01. The first kappa shape index (κ1) is 14.8. The molecule has 1 heterocycles. The molecular weight excluding hydrogens is 254 g/mol. The molecule has 1 aliphatic carbocycles. The number of nitrogens with zero attached hydrogens (tertiary/aromatic N) is 3. The first-order chi connectivity index (χ1) is 9.47. The Hall–Kier alpha value is -1.56. The highest BCUT2D eigenvalue weighted by molar-refractivity contribution is 5.74. The lowest BCUT2D eigenvalue weighted by Crippen LogP contribution is -2.45. The highest BCUT2D eigenvalue weighted by atomic mass is 16.2. The Kier molecular flexibility index (Phi) is 4.65. The molecule has 0 spiro atoms. The van der Waals surface area contributed by atoms with Gasteiger partial charge < -0.3 is 10.6 Å². The van der Waals surface area contributed by atoms with Crippen LogP contribution in [0.4, 0.5) is 4.79 Å². The second-order valence-corrected chi connectivity index (χ2v) is 5.77. The molecule has 0 aromatic carbocycles. The number of urea groups is 1. The van der Waals surface area contributed by atoms with Crippen molar-refractivity contribution in [3.05, 3.63) is 18.0 Å². The largest absolute Gasteiger partial charge is 0.337 e. The van der Waals surface area contributed by atoms with E-state index in [2.05, 4.69) is 34.6 Å². The minimum absolute atomic E-state index is 0.0415. The van der Waals surface area contributed by atoms with E-state index in [4.69, 9.17) is 0 Å². The number of amides is 2. The fourth-order valence-corrected chi connectivity index (χ4v) is 2.22. The molecule has 0 aliphatic heterocycles. The fraction of sp³-hybridized carbons (Fsp3) is 0.714. The van der Waals surface area contributed by atoms with Crippen LogP contribution in [0.5, 0.6) is 0 Å². The van der Waals surface area contributed by atoms with Crippen molar-refractivity contribution in [3.8, 4) is 0 Å². The van der Waals surface area contributed by atoms with Gasteiger partial charge >= 0.3 is 6.03 Å². The van der Waals surface area contributed by atoms with E-state index in [-0.39, 0.29) is 12.1 Å². The van der Waals surface area contributed by atoms with Gasteiger partial charge in [0.25, 0.3) is 0 Å². The predicted octanol–water partition coefficient (Wildman–Crippen LogP) is 1.26. The molecule has 6 heteroatoms. The number of hydrogen-bond donors (Lipinski definition) is 2. The van der Waals surface area contributed by atoms with E-state index in [1.807, 2.05) is 20.2 Å². The van der Waals surface area contributed by atoms with Crippen LogP contribution in [0.3, 0.4) is 0 Å². The number of hydrogen-bond acceptors (Lipinski definition) is 3. The molecule has 0 bridgehead atoms. The van der Waals surface area contributed by atoms with Crippen LogP contribution in [0.1, 0.15) is 38.3 Å². The minimum atomic E-state index is -0.127. The van der Waals surface area contributed by atoms with Crippen molar-refractivity contribution in [1.82, 2.24) is 25.3 Å². The van der Waals surface area contributed by atoms with Crippen LogP contribution in [-0.4, -0.2) is 46.4 Å². The average Bonchev–Trinajstić information content (AvgIpc) is 3.17. The van der Waals surface area contributed by atoms with Crippen molar-refractivity contribution < 1.29 is 4.79 Å². The fourth-order valence-electron chi connectivity index (χ4n) is 2.22. The van der Waals surface area contributed by atoms with E-state index in [9.17, 15) is 4.79 Å². The normalized spacial score (nSPS) is 17.9. The highest BCUT2D eigenvalue weighted by Crippen LogP contribution is 2.26. The lowest BCUT2D eigenvalue weighted by molar-refractivity contribution is 0.220. The van der Waals surface area contributed by atoms with E-state index in [0.29, 0.717) is 18.6 Å². The van der Waals surface area contributed by atoms with Gasteiger partial charge in [0, 0.05) is 37.4 Å². The number of aryl methyl sites for hydroxylation is 1. The van der Waals surface area contributed by atoms with Gasteiger partial charge in [-0.3, -0.25) is 9.58 Å². The smallest absolute Gasteiger partial charge is 0.315 e. The molecule has 2 N–H and O–H groups in total. The number of nitrogens with one attached hydrogen (secondary N) is 2. The number of carbonyl (C=O) groups excluding carboxylic acids is 1. The third kappa shape index (κ3) is 3.96. The Morgan fingerprint density at radius 2 is 2.25 bits per heavy atom. The van der Waals surface area contributed by atoms with Crippen LogP contribution in [0.15, 0.2) is 12.4 Å². The summed E-state index contributed by atoms with van der Waals surface area (Å²) in [4.78, 5) is 14.2. The van der Waals surface area contributed by atoms with Crippen LogP contribution >= 0.6 is 0 Å². The molecule has 0 saturated heterocycles. The summed E-state index contributed by atoms with van der Waals surface area (Å²) in [5.74, 6) is 0. The van der Waals surface area contributed by atoms with Gasteiger partial charge in [-0.2, -0.15) is 5.10 Å². The van der Waals surface area contributed by atoms with E-state index < -0.39 is 0 Å². The molecule has 2 amide bonds. The van der Waals surface area contributed by atoms with Gasteiger partial charge in [0.1, 0.15) is 0 Å². The van der Waals surface area contributed by atoms with Crippen molar-refractivity contribution >= 4 is 6.03 Å². The first-order valence-electron chi connectivity index (χ1n) is 7.22. The molecule has 0 radical (unpaired) electrons. The molecule has 1 aromatic rings. The zero-order valence-electron chi connectivity index (χ0n) is 12.8. The van der Waals surface area contributed by atoms with Gasteiger partial charge in [0.2, 0.25) is 0 Å². The van der Waals surface area contributed by atoms with Gasteiger partial charge in [0.05, 0.1) is 12.2 Å². The maximum Gasteiger partial charge on any atom is 0.315 e. The van der Waals surface area contributed by atoms with Crippen LogP contribution in [0, 0.1) is 0 Å². The van der Waals surface area contributed by atoms with Crippen LogP contribution < -0.4 is 10.6 Å². The lowest BCUT2D eigenvalue weighted by Gasteiger charge is -2.25. The molecule has 2 atom stereocenters. The topological polar surface area (TPSA) is 62.2 Å². The summed E-state index contributed by atoms with van der Waals surface area (Å²) in [5, 5.41) is 9.97. The van der Waals surface area contributed by atoms with Crippen molar-refractivity contribution in [3.63, 3.8) is 0 Å². The van der Waals surface area contributed by atoms with Crippen molar-refractivity contribution in [2.75, 3.05) is 13.6 Å². The van der Waals surface area contributed by atoms with Gasteiger partial charge in [0.15, 0.2) is 0 Å². The predicted molar refractivity (Wildman–Crippen MR) is 78.4 cm³/mol. The van der Waals surface area contributed by atoms with Crippen molar-refractivity contribution in [1.29, 1.82) is 0 Å². The first-order valence-corrected chi connectivity index (χ1v) is 7.22. The highest BCUT2D eigenvalue weighted by Gasteiger charge is 2.29. The third-order valence-corrected chi connectivity index (χ3v) is 3.95. The number of aromatic nitrogens is 2. The summed E-state index contributed by atoms with van der Waals surface area (Å²) in [6.45, 7) is 4.76. The SMILES string of the molecule is C[C@H](CNC(=O)N[C@H](C)c1cnn(C)c1)N(C)C1CC1. The Balaban J connectivity index is 1.72. The molecule has 1 aliphatic rings. The van der Waals surface area contributed by atoms with E-state index in [1.165, 1.54) is 12.8 Å². The van der Waals surface area contributed by atoms with Gasteiger partial charge in [-0.25, -0.2) is 4.79 Å². The second-order valence-electron chi connectivity index (χ2n) is 5.77. The van der Waals surface area contributed by atoms with Crippen LogP contribution in [0.25, 0.3) is 0 Å². The van der Waals surface area contributed by atoms with Crippen molar-refractivity contribution in [2.24, 2.45) is 7.05 Å². The van der Waals surface area contributed by atoms with Gasteiger partial charge in [-0.05, 0) is 33.7 Å². The molecule has 1 aromatic heterocycles. The summed E-state index contributed by atoms with van der Waals surface area (Å²) < 4.78 is 1.73. The number of carbonyl (C=O) groups is 1. The third-order valence-electron chi connectivity index (χ3n) is 3.95. The zero-order valence-corrected chi connectivity index (χ0v) is 12.8. The van der Waals surface area contributed by atoms with E-state index in [0.717, 1.165) is 5.56 Å². The van der Waals surface area contributed by atoms with Crippen LogP contribution in [0.2, 0.25) is 0 Å². The van der Waals surface area contributed by atoms with E-state index >= 15 is 0 Å². The monoisotopic (exact) mass is 279 g/mol. The van der Waals surface area contributed by atoms with Crippen molar-refractivity contribution in [2.45, 2.75) is 44.8 Å². The minimum Gasteiger partial charge on any atom is -0.337 e. The summed E-state index contributed by atoms with van der Waals surface area (Å²) in [7, 11) is 3.99. The van der Waals surface area contributed by atoms with E-state index in [1.54, 1.807) is 10.9 Å². The number of likely N-dealkylation sites (N-methyl/N-ethyl adjacent to an activating group) is 1. The second kappa shape index (κ2) is 6.26. The molecule has 20 heavy (non-hydrogen) atoms. The molecule has 2 rings (SSSR count). The van der Waals surface area contributed by atoms with Gasteiger partial charge in [-0.15, -0.1) is 0 Å². The summed E-state index contributed by atoms with van der Waals surface area (Å²) in [6.07, 6.45) is 6.25. The molecule has 6 nitrogen and oxygen atoms in total. The summed E-state index contributed by atoms with van der Waals surface area (Å²) in [6, 6.07) is 0.906. The molecular formula is C14H25N5O. The molecule has 1 fully saturated rings. The lowest BCUT2D eigenvalue weighted by atomic mass is 10.2. The zero-order chi connectivity index (χ0) is 14.7. The maximum atomic E-state index is 11.9. The standard InChI is InChI=1S/C14H25N5O/c1-10(19(4)13-5-6-13)7-15-14(20)17-11(2)12-8-16-18(3)9-12/h8-11,13H,5-7H2,1-4H3,(H2,15,17,20)/t10-,11-/m1/s1. The van der Waals surface area contributed by atoms with Gasteiger partial charge in [-0.1, -0.05) is 0 Å². The Bertz CT molecular complexity index is 454. The molecule has 112 valence electrons. The molecule has 0 unspecified atom stereocenters.